The normalized spacial score (nSPS) is 11.9. The average Bonchev–Trinajstić information content (AvgIpc) is 2.01. The van der Waals surface area contributed by atoms with Gasteiger partial charge in [-0.25, -0.2) is 0 Å². The first-order chi connectivity index (χ1) is 6.43. The zero-order valence-corrected chi connectivity index (χ0v) is 8.37. The second-order valence-corrected chi connectivity index (χ2v) is 3.24. The third-order valence-electron chi connectivity index (χ3n) is 1.70. The summed E-state index contributed by atoms with van der Waals surface area (Å²) in [7, 11) is 0. The molecule has 1 unspecified atom stereocenters. The quantitative estimate of drug-likeness (QED) is 0.642. The molecule has 0 heterocycles. The van der Waals surface area contributed by atoms with Crippen LogP contribution < -0.4 is 5.32 Å². The highest BCUT2D eigenvalue weighted by atomic mass is 16.4. The SMILES string of the molecule is CC(=O)CCNC(=O)C(C)CC(=O)O. The first-order valence-electron chi connectivity index (χ1n) is 4.42. The van der Waals surface area contributed by atoms with Crippen molar-refractivity contribution in [3.8, 4) is 0 Å². The van der Waals surface area contributed by atoms with Gasteiger partial charge in [0, 0.05) is 18.9 Å². The largest absolute Gasteiger partial charge is 0.481 e. The molecular weight excluding hydrogens is 186 g/mol. The van der Waals surface area contributed by atoms with Crippen LogP contribution in [0.5, 0.6) is 0 Å². The first kappa shape index (κ1) is 12.6. The van der Waals surface area contributed by atoms with E-state index in [1.165, 1.54) is 13.8 Å². The highest BCUT2D eigenvalue weighted by Gasteiger charge is 2.15. The first-order valence-corrected chi connectivity index (χ1v) is 4.42. The summed E-state index contributed by atoms with van der Waals surface area (Å²) in [6.45, 7) is 3.25. The minimum Gasteiger partial charge on any atom is -0.481 e. The number of rotatable bonds is 6. The standard InChI is InChI=1S/C9H15NO4/c1-6(5-8(12)13)9(14)10-4-3-7(2)11/h6H,3-5H2,1-2H3,(H,10,14)(H,12,13). The molecule has 1 amide bonds. The van der Waals surface area contributed by atoms with Crippen LogP contribution in [0.15, 0.2) is 0 Å². The van der Waals surface area contributed by atoms with Gasteiger partial charge in [0.2, 0.25) is 5.91 Å². The maximum Gasteiger partial charge on any atom is 0.304 e. The van der Waals surface area contributed by atoms with Crippen LogP contribution in [0.2, 0.25) is 0 Å². The van der Waals surface area contributed by atoms with Crippen LogP contribution in [0.3, 0.4) is 0 Å². The number of amides is 1. The monoisotopic (exact) mass is 201 g/mol. The Morgan fingerprint density at radius 3 is 2.36 bits per heavy atom. The molecule has 1 atom stereocenters. The van der Waals surface area contributed by atoms with E-state index in [9.17, 15) is 14.4 Å². The Hall–Kier alpha value is -1.39. The Balaban J connectivity index is 3.73. The van der Waals surface area contributed by atoms with E-state index in [2.05, 4.69) is 5.32 Å². The molecule has 0 aromatic heterocycles. The van der Waals surface area contributed by atoms with Crippen molar-refractivity contribution in [2.75, 3.05) is 6.54 Å². The fourth-order valence-electron chi connectivity index (χ4n) is 0.891. The van der Waals surface area contributed by atoms with Crippen LogP contribution in [0.25, 0.3) is 0 Å². The van der Waals surface area contributed by atoms with Gasteiger partial charge < -0.3 is 10.4 Å². The minimum absolute atomic E-state index is 0.00353. The van der Waals surface area contributed by atoms with Crippen LogP contribution in [0, 0.1) is 5.92 Å². The molecule has 0 aliphatic heterocycles. The summed E-state index contributed by atoms with van der Waals surface area (Å²) < 4.78 is 0. The molecular formula is C9H15NO4. The smallest absolute Gasteiger partial charge is 0.304 e. The van der Waals surface area contributed by atoms with Crippen molar-refractivity contribution >= 4 is 17.7 Å². The number of carboxylic acid groups (broad SMARTS) is 1. The topological polar surface area (TPSA) is 83.5 Å². The van der Waals surface area contributed by atoms with Gasteiger partial charge in [0.05, 0.1) is 6.42 Å². The molecule has 0 aromatic carbocycles. The van der Waals surface area contributed by atoms with E-state index < -0.39 is 11.9 Å². The number of carbonyl (C=O) groups excluding carboxylic acids is 2. The van der Waals surface area contributed by atoms with E-state index in [4.69, 9.17) is 5.11 Å². The summed E-state index contributed by atoms with van der Waals surface area (Å²) in [6, 6.07) is 0. The van der Waals surface area contributed by atoms with E-state index >= 15 is 0 Å². The van der Waals surface area contributed by atoms with Crippen LogP contribution in [0.4, 0.5) is 0 Å². The summed E-state index contributed by atoms with van der Waals surface area (Å²) in [5.41, 5.74) is 0. The molecule has 2 N–H and O–H groups in total. The second-order valence-electron chi connectivity index (χ2n) is 3.24. The fraction of sp³-hybridized carbons (Fsp3) is 0.667. The van der Waals surface area contributed by atoms with E-state index in [1.54, 1.807) is 0 Å². The van der Waals surface area contributed by atoms with Gasteiger partial charge in [-0.15, -0.1) is 0 Å². The summed E-state index contributed by atoms with van der Waals surface area (Å²) in [6.07, 6.45) is 0.0947. The Morgan fingerprint density at radius 1 is 1.36 bits per heavy atom. The molecule has 80 valence electrons. The van der Waals surface area contributed by atoms with Crippen molar-refractivity contribution in [2.45, 2.75) is 26.7 Å². The van der Waals surface area contributed by atoms with Crippen molar-refractivity contribution in [3.63, 3.8) is 0 Å². The third-order valence-corrected chi connectivity index (χ3v) is 1.70. The number of carboxylic acids is 1. The number of Topliss-reactive ketones (excluding diaryl/α,β-unsaturated/α-hetero) is 1. The van der Waals surface area contributed by atoms with Gasteiger partial charge in [-0.2, -0.15) is 0 Å². The van der Waals surface area contributed by atoms with Gasteiger partial charge in [-0.3, -0.25) is 14.4 Å². The van der Waals surface area contributed by atoms with Crippen molar-refractivity contribution in [1.82, 2.24) is 5.32 Å². The summed E-state index contributed by atoms with van der Waals surface area (Å²) >= 11 is 0. The van der Waals surface area contributed by atoms with E-state index in [0.717, 1.165) is 0 Å². The van der Waals surface area contributed by atoms with Gasteiger partial charge in [-0.1, -0.05) is 6.92 Å². The number of nitrogens with one attached hydrogen (secondary N) is 1. The molecule has 0 fully saturated rings. The maximum atomic E-state index is 11.2. The van der Waals surface area contributed by atoms with Gasteiger partial charge >= 0.3 is 5.97 Å². The zero-order valence-electron chi connectivity index (χ0n) is 8.37. The third kappa shape index (κ3) is 6.16. The van der Waals surface area contributed by atoms with Crippen molar-refractivity contribution < 1.29 is 19.5 Å². The molecule has 0 aromatic rings. The van der Waals surface area contributed by atoms with Crippen molar-refractivity contribution in [2.24, 2.45) is 5.92 Å². The lowest BCUT2D eigenvalue weighted by molar-refractivity contribution is -0.140. The Morgan fingerprint density at radius 2 is 1.93 bits per heavy atom. The minimum atomic E-state index is -1.00. The van der Waals surface area contributed by atoms with Crippen LogP contribution in [-0.4, -0.2) is 29.3 Å². The predicted octanol–water partition coefficient (Wildman–Crippen LogP) is 0.192. The van der Waals surface area contributed by atoms with E-state index in [-0.39, 0.29) is 31.1 Å². The van der Waals surface area contributed by atoms with Gasteiger partial charge in [0.25, 0.3) is 0 Å². The molecule has 0 bridgehead atoms. The zero-order chi connectivity index (χ0) is 11.1. The Kier molecular flexibility index (Phi) is 5.52. The molecule has 0 aliphatic rings. The average molecular weight is 201 g/mol. The fourth-order valence-corrected chi connectivity index (χ4v) is 0.891. The van der Waals surface area contributed by atoms with Gasteiger partial charge in [-0.05, 0) is 6.92 Å². The maximum absolute atomic E-state index is 11.2. The molecule has 0 radical (unpaired) electrons. The molecule has 5 heteroatoms. The molecule has 0 saturated heterocycles. The van der Waals surface area contributed by atoms with E-state index in [0.29, 0.717) is 0 Å². The van der Waals surface area contributed by atoms with Crippen LogP contribution in [-0.2, 0) is 14.4 Å². The molecule has 5 nitrogen and oxygen atoms in total. The van der Waals surface area contributed by atoms with Crippen molar-refractivity contribution in [1.29, 1.82) is 0 Å². The summed E-state index contributed by atoms with van der Waals surface area (Å²) in [5.74, 6) is -1.89. The highest BCUT2D eigenvalue weighted by molar-refractivity contribution is 5.83. The van der Waals surface area contributed by atoms with Crippen LogP contribution >= 0.6 is 0 Å². The number of ketones is 1. The lowest BCUT2D eigenvalue weighted by atomic mass is 10.1. The molecule has 0 aliphatic carbocycles. The Labute approximate surface area is 82.5 Å². The van der Waals surface area contributed by atoms with Crippen LogP contribution in [0.1, 0.15) is 26.7 Å². The lowest BCUT2D eigenvalue weighted by Crippen LogP contribution is -2.31. The van der Waals surface area contributed by atoms with Crippen molar-refractivity contribution in [3.05, 3.63) is 0 Å². The van der Waals surface area contributed by atoms with Gasteiger partial charge in [0.1, 0.15) is 5.78 Å². The molecule has 14 heavy (non-hydrogen) atoms. The summed E-state index contributed by atoms with van der Waals surface area (Å²) in [4.78, 5) is 32.0. The molecule has 0 saturated carbocycles. The Bertz CT molecular complexity index is 237. The summed E-state index contributed by atoms with van der Waals surface area (Å²) in [5, 5.41) is 10.9. The number of aliphatic carboxylic acids is 1. The second kappa shape index (κ2) is 6.12. The highest BCUT2D eigenvalue weighted by Crippen LogP contribution is 2.01. The number of hydrogen-bond acceptors (Lipinski definition) is 3. The lowest BCUT2D eigenvalue weighted by Gasteiger charge is -2.08. The number of carbonyl (C=O) groups is 3. The number of hydrogen-bond donors (Lipinski definition) is 2. The predicted molar refractivity (Wildman–Crippen MR) is 49.7 cm³/mol. The molecule has 0 rings (SSSR count). The van der Waals surface area contributed by atoms with Gasteiger partial charge in [0.15, 0.2) is 0 Å². The molecule has 0 spiro atoms. The van der Waals surface area contributed by atoms with E-state index in [1.807, 2.05) is 0 Å².